The van der Waals surface area contributed by atoms with Crippen molar-refractivity contribution >= 4 is 17.4 Å². The molecule has 1 N–H and O–H groups in total. The predicted molar refractivity (Wildman–Crippen MR) is 91.9 cm³/mol. The van der Waals surface area contributed by atoms with Gasteiger partial charge in [-0.3, -0.25) is 0 Å². The Morgan fingerprint density at radius 2 is 2.05 bits per heavy atom. The number of hydrogen-bond donors (Lipinski definition) is 1. The van der Waals surface area contributed by atoms with Crippen LogP contribution in [0.25, 0.3) is 0 Å². The third kappa shape index (κ3) is 3.70. The number of nitrogens with zero attached hydrogens (tertiary/aromatic N) is 1. The van der Waals surface area contributed by atoms with Crippen LogP contribution in [-0.4, -0.2) is 30.6 Å². The second kappa shape index (κ2) is 6.86. The van der Waals surface area contributed by atoms with Crippen LogP contribution in [0.3, 0.4) is 0 Å². The molecule has 0 aliphatic carbocycles. The maximum Gasteiger partial charge on any atom is 0.0414 e. The van der Waals surface area contributed by atoms with Crippen molar-refractivity contribution in [2.45, 2.75) is 44.4 Å². The molecule has 1 aromatic rings. The molecular formula is C17H28N2S. The van der Waals surface area contributed by atoms with Crippen molar-refractivity contribution in [2.75, 3.05) is 30.8 Å². The van der Waals surface area contributed by atoms with Gasteiger partial charge < -0.3 is 10.2 Å². The first-order chi connectivity index (χ1) is 9.57. The van der Waals surface area contributed by atoms with Gasteiger partial charge in [0, 0.05) is 35.3 Å². The molecule has 0 amide bonds. The third-order valence-corrected chi connectivity index (χ3v) is 5.62. The molecule has 1 fully saturated rings. The SMILES string of the molecule is CCC(NC)c1ccccc1N1CCSC(C)(C)CC1. The largest absolute Gasteiger partial charge is 0.370 e. The highest BCUT2D eigenvalue weighted by atomic mass is 32.2. The molecular weight excluding hydrogens is 264 g/mol. The molecule has 1 saturated heterocycles. The number of benzene rings is 1. The Hall–Kier alpha value is -0.670. The standard InChI is InChI=1S/C17H28N2S/c1-5-15(18-4)14-8-6-7-9-16(14)19-11-10-17(2,3)20-13-12-19/h6-9,15,18H,5,10-13H2,1-4H3. The Morgan fingerprint density at radius 3 is 2.75 bits per heavy atom. The van der Waals surface area contributed by atoms with Crippen LogP contribution in [0.5, 0.6) is 0 Å². The fraction of sp³-hybridized carbons (Fsp3) is 0.647. The molecule has 3 heteroatoms. The molecule has 2 rings (SSSR count). The summed E-state index contributed by atoms with van der Waals surface area (Å²) in [4.78, 5) is 2.58. The van der Waals surface area contributed by atoms with E-state index >= 15 is 0 Å². The number of thioether (sulfide) groups is 1. The van der Waals surface area contributed by atoms with Crippen LogP contribution in [0.15, 0.2) is 24.3 Å². The second-order valence-electron chi connectivity index (χ2n) is 6.15. The van der Waals surface area contributed by atoms with Crippen molar-refractivity contribution in [1.29, 1.82) is 0 Å². The first-order valence-corrected chi connectivity index (χ1v) is 8.71. The van der Waals surface area contributed by atoms with Gasteiger partial charge in [0.05, 0.1) is 0 Å². The predicted octanol–water partition coefficient (Wildman–Crippen LogP) is 4.08. The maximum atomic E-state index is 3.45. The molecule has 0 aromatic heterocycles. The summed E-state index contributed by atoms with van der Waals surface area (Å²) in [5.74, 6) is 1.22. The minimum absolute atomic E-state index is 0.414. The van der Waals surface area contributed by atoms with Crippen molar-refractivity contribution in [2.24, 2.45) is 0 Å². The second-order valence-corrected chi connectivity index (χ2v) is 7.96. The lowest BCUT2D eigenvalue weighted by Gasteiger charge is -2.29. The van der Waals surface area contributed by atoms with Crippen LogP contribution in [0, 0.1) is 0 Å². The van der Waals surface area contributed by atoms with E-state index in [0.717, 1.165) is 19.5 Å². The number of hydrogen-bond acceptors (Lipinski definition) is 3. The van der Waals surface area contributed by atoms with Crippen molar-refractivity contribution in [3.05, 3.63) is 29.8 Å². The minimum Gasteiger partial charge on any atom is -0.370 e. The average Bonchev–Trinajstić information content (AvgIpc) is 2.62. The zero-order chi connectivity index (χ0) is 14.6. The van der Waals surface area contributed by atoms with Gasteiger partial charge in [-0.05, 0) is 31.5 Å². The molecule has 0 bridgehead atoms. The van der Waals surface area contributed by atoms with Crippen LogP contribution in [0.2, 0.25) is 0 Å². The smallest absolute Gasteiger partial charge is 0.0414 e. The summed E-state index contributed by atoms with van der Waals surface area (Å²) in [6.45, 7) is 9.31. The van der Waals surface area contributed by atoms with E-state index in [1.54, 1.807) is 0 Å². The molecule has 112 valence electrons. The summed E-state index contributed by atoms with van der Waals surface area (Å²) in [6.07, 6.45) is 2.38. The number of para-hydroxylation sites is 1. The normalized spacial score (nSPS) is 20.5. The number of nitrogens with one attached hydrogen (secondary N) is 1. The lowest BCUT2D eigenvalue weighted by atomic mass is 10.0. The van der Waals surface area contributed by atoms with Gasteiger partial charge >= 0.3 is 0 Å². The van der Waals surface area contributed by atoms with E-state index in [2.05, 4.69) is 74.1 Å². The monoisotopic (exact) mass is 292 g/mol. The van der Waals surface area contributed by atoms with E-state index in [0.29, 0.717) is 10.8 Å². The van der Waals surface area contributed by atoms with E-state index in [-0.39, 0.29) is 0 Å². The lowest BCUT2D eigenvalue weighted by Crippen LogP contribution is -2.29. The molecule has 1 heterocycles. The van der Waals surface area contributed by atoms with Crippen LogP contribution in [0.1, 0.15) is 45.2 Å². The van der Waals surface area contributed by atoms with Gasteiger partial charge in [0.15, 0.2) is 0 Å². The van der Waals surface area contributed by atoms with E-state index in [1.807, 2.05) is 0 Å². The summed E-state index contributed by atoms with van der Waals surface area (Å²) in [6, 6.07) is 9.36. The van der Waals surface area contributed by atoms with Gasteiger partial charge in [-0.2, -0.15) is 11.8 Å². The Bertz CT molecular complexity index is 427. The molecule has 1 aliphatic heterocycles. The third-order valence-electron chi connectivity index (χ3n) is 4.25. The summed E-state index contributed by atoms with van der Waals surface area (Å²) in [5.41, 5.74) is 2.87. The molecule has 0 radical (unpaired) electrons. The minimum atomic E-state index is 0.414. The molecule has 0 spiro atoms. The zero-order valence-corrected chi connectivity index (χ0v) is 14.1. The highest BCUT2D eigenvalue weighted by Crippen LogP contribution is 2.34. The highest BCUT2D eigenvalue weighted by molar-refractivity contribution is 8.00. The van der Waals surface area contributed by atoms with Gasteiger partial charge in [-0.1, -0.05) is 39.0 Å². The molecule has 1 atom stereocenters. The first-order valence-electron chi connectivity index (χ1n) is 7.72. The summed E-state index contributed by atoms with van der Waals surface area (Å²) < 4.78 is 0.414. The Morgan fingerprint density at radius 1 is 1.30 bits per heavy atom. The average molecular weight is 292 g/mol. The Labute approximate surface area is 128 Å². The zero-order valence-electron chi connectivity index (χ0n) is 13.3. The molecule has 0 saturated carbocycles. The Balaban J connectivity index is 2.24. The summed E-state index contributed by atoms with van der Waals surface area (Å²) in [7, 11) is 2.06. The van der Waals surface area contributed by atoms with Crippen LogP contribution >= 0.6 is 11.8 Å². The quantitative estimate of drug-likeness (QED) is 0.900. The molecule has 2 nitrogen and oxygen atoms in total. The number of anilines is 1. The van der Waals surface area contributed by atoms with Gasteiger partial charge in [0.1, 0.15) is 0 Å². The molecule has 20 heavy (non-hydrogen) atoms. The number of rotatable bonds is 4. The fourth-order valence-corrected chi connectivity index (χ4v) is 4.01. The van der Waals surface area contributed by atoms with Crippen molar-refractivity contribution in [1.82, 2.24) is 5.32 Å². The topological polar surface area (TPSA) is 15.3 Å². The van der Waals surface area contributed by atoms with Crippen LogP contribution in [0.4, 0.5) is 5.69 Å². The van der Waals surface area contributed by atoms with Crippen molar-refractivity contribution < 1.29 is 0 Å². The first kappa shape index (κ1) is 15.7. The van der Waals surface area contributed by atoms with E-state index in [4.69, 9.17) is 0 Å². The lowest BCUT2D eigenvalue weighted by molar-refractivity contribution is 0.572. The van der Waals surface area contributed by atoms with Gasteiger partial charge in [-0.25, -0.2) is 0 Å². The van der Waals surface area contributed by atoms with Crippen LogP contribution in [-0.2, 0) is 0 Å². The van der Waals surface area contributed by atoms with E-state index < -0.39 is 0 Å². The molecule has 1 unspecified atom stereocenters. The summed E-state index contributed by atoms with van der Waals surface area (Å²) >= 11 is 2.11. The van der Waals surface area contributed by atoms with Crippen molar-refractivity contribution in [3.8, 4) is 0 Å². The molecule has 1 aliphatic rings. The van der Waals surface area contributed by atoms with Gasteiger partial charge in [0.25, 0.3) is 0 Å². The van der Waals surface area contributed by atoms with Crippen LogP contribution < -0.4 is 10.2 Å². The highest BCUT2D eigenvalue weighted by Gasteiger charge is 2.25. The fourth-order valence-electron chi connectivity index (χ4n) is 2.91. The summed E-state index contributed by atoms with van der Waals surface area (Å²) in [5, 5.41) is 3.45. The van der Waals surface area contributed by atoms with Crippen molar-refractivity contribution in [3.63, 3.8) is 0 Å². The molecule has 1 aromatic carbocycles. The van der Waals surface area contributed by atoms with Gasteiger partial charge in [-0.15, -0.1) is 0 Å². The van der Waals surface area contributed by atoms with E-state index in [9.17, 15) is 0 Å². The Kier molecular flexibility index (Phi) is 5.39. The maximum absolute atomic E-state index is 3.45. The van der Waals surface area contributed by atoms with E-state index in [1.165, 1.54) is 23.4 Å². The van der Waals surface area contributed by atoms with Gasteiger partial charge in [0.2, 0.25) is 0 Å².